The van der Waals surface area contributed by atoms with Gasteiger partial charge >= 0.3 is 5.97 Å². The molecule has 31 heavy (non-hydrogen) atoms. The molecule has 0 fully saturated rings. The van der Waals surface area contributed by atoms with E-state index in [1.54, 1.807) is 30.3 Å². The molecule has 3 aromatic carbocycles. The first-order chi connectivity index (χ1) is 15.1. The largest absolute Gasteiger partial charge is 0.493 e. The Morgan fingerprint density at radius 3 is 2.29 bits per heavy atom. The molecule has 1 N–H and O–H groups in total. The molecule has 7 nitrogen and oxygen atoms in total. The van der Waals surface area contributed by atoms with Crippen molar-refractivity contribution in [3.8, 4) is 17.2 Å². The molecular weight excluding hydrogens is 401 g/mol. The maximum atomic E-state index is 13.8. The lowest BCUT2D eigenvalue weighted by Crippen LogP contribution is -2.08. The van der Waals surface area contributed by atoms with Crippen LogP contribution in [-0.2, 0) is 11.2 Å². The summed E-state index contributed by atoms with van der Waals surface area (Å²) in [4.78, 5) is 12.1. The van der Waals surface area contributed by atoms with Crippen molar-refractivity contribution in [2.75, 3.05) is 13.2 Å². The summed E-state index contributed by atoms with van der Waals surface area (Å²) in [5.41, 5.74) is 2.55. The van der Waals surface area contributed by atoms with E-state index in [9.17, 15) is 9.18 Å². The topological polar surface area (TPSA) is 86.5 Å². The Morgan fingerprint density at radius 1 is 0.935 bits per heavy atom. The van der Waals surface area contributed by atoms with Crippen LogP contribution in [0, 0.1) is 5.82 Å². The van der Waals surface area contributed by atoms with E-state index in [2.05, 4.69) is 10.2 Å². The predicted octanol–water partition coefficient (Wildman–Crippen LogP) is 4.03. The van der Waals surface area contributed by atoms with Gasteiger partial charge in [0.1, 0.15) is 34.0 Å². The van der Waals surface area contributed by atoms with Gasteiger partial charge in [-0.1, -0.05) is 24.3 Å². The highest BCUT2D eigenvalue weighted by molar-refractivity contribution is 5.73. The molecule has 0 atom stereocenters. The van der Waals surface area contributed by atoms with Gasteiger partial charge in [-0.25, -0.2) is 4.39 Å². The standard InChI is InChI=1S/C23H20FN3O4/c24-17-8-11-22(21(15-17)27-25-19-4-1-2-5-20(19)26-27)31-13-3-12-30-18-9-6-16(7-10-18)14-23(28)29/h1-2,4-11,15H,3,12-14H2,(H,28,29). The number of fused-ring (bicyclic) bond motifs is 1. The Balaban J connectivity index is 1.34. The molecule has 0 amide bonds. The lowest BCUT2D eigenvalue weighted by Gasteiger charge is -2.11. The van der Waals surface area contributed by atoms with Crippen molar-refractivity contribution in [2.45, 2.75) is 12.8 Å². The van der Waals surface area contributed by atoms with Crippen LogP contribution in [0.5, 0.6) is 11.5 Å². The molecule has 1 aromatic heterocycles. The van der Waals surface area contributed by atoms with Crippen molar-refractivity contribution in [1.29, 1.82) is 0 Å². The van der Waals surface area contributed by atoms with E-state index in [0.717, 1.165) is 0 Å². The fraction of sp³-hybridized carbons (Fsp3) is 0.174. The van der Waals surface area contributed by atoms with E-state index >= 15 is 0 Å². The van der Waals surface area contributed by atoms with Crippen molar-refractivity contribution < 1.29 is 23.8 Å². The number of rotatable bonds is 9. The number of hydrogen-bond acceptors (Lipinski definition) is 5. The summed E-state index contributed by atoms with van der Waals surface area (Å²) in [7, 11) is 0. The number of benzene rings is 3. The molecule has 0 unspecified atom stereocenters. The van der Waals surface area contributed by atoms with Crippen LogP contribution in [0.1, 0.15) is 12.0 Å². The molecule has 158 valence electrons. The van der Waals surface area contributed by atoms with Gasteiger partial charge in [0, 0.05) is 12.5 Å². The van der Waals surface area contributed by atoms with Gasteiger partial charge in [0.05, 0.1) is 19.6 Å². The zero-order chi connectivity index (χ0) is 21.6. The average Bonchev–Trinajstić information content (AvgIpc) is 3.19. The van der Waals surface area contributed by atoms with Crippen LogP contribution in [0.15, 0.2) is 66.7 Å². The molecule has 0 saturated carbocycles. The molecule has 0 bridgehead atoms. The second kappa shape index (κ2) is 9.25. The van der Waals surface area contributed by atoms with Crippen LogP contribution < -0.4 is 9.47 Å². The van der Waals surface area contributed by atoms with Crippen molar-refractivity contribution in [3.63, 3.8) is 0 Å². The zero-order valence-corrected chi connectivity index (χ0v) is 16.6. The number of ether oxygens (including phenoxy) is 2. The second-order valence-corrected chi connectivity index (χ2v) is 6.86. The zero-order valence-electron chi connectivity index (χ0n) is 16.6. The maximum absolute atomic E-state index is 13.8. The number of aliphatic carboxylic acids is 1. The number of nitrogens with zero attached hydrogens (tertiary/aromatic N) is 3. The molecule has 4 rings (SSSR count). The fourth-order valence-electron chi connectivity index (χ4n) is 3.05. The molecule has 4 aromatic rings. The summed E-state index contributed by atoms with van der Waals surface area (Å²) in [6, 6.07) is 18.6. The van der Waals surface area contributed by atoms with Crippen LogP contribution in [0.25, 0.3) is 16.7 Å². The van der Waals surface area contributed by atoms with E-state index in [1.165, 1.54) is 16.9 Å². The maximum Gasteiger partial charge on any atom is 0.307 e. The van der Waals surface area contributed by atoms with Crippen molar-refractivity contribution in [1.82, 2.24) is 15.0 Å². The number of carboxylic acids is 1. The van der Waals surface area contributed by atoms with Gasteiger partial charge in [0.15, 0.2) is 0 Å². The molecule has 0 aliphatic heterocycles. The van der Waals surface area contributed by atoms with Gasteiger partial charge < -0.3 is 14.6 Å². The van der Waals surface area contributed by atoms with E-state index in [-0.39, 0.29) is 6.42 Å². The van der Waals surface area contributed by atoms with E-state index < -0.39 is 11.8 Å². The number of carbonyl (C=O) groups is 1. The highest BCUT2D eigenvalue weighted by atomic mass is 19.1. The normalized spacial score (nSPS) is 10.9. The van der Waals surface area contributed by atoms with Crippen LogP contribution in [0.2, 0.25) is 0 Å². The van der Waals surface area contributed by atoms with Gasteiger partial charge in [0.25, 0.3) is 0 Å². The summed E-state index contributed by atoms with van der Waals surface area (Å²) in [6.07, 6.45) is 0.580. The molecule has 0 spiro atoms. The molecule has 8 heteroatoms. The van der Waals surface area contributed by atoms with Crippen molar-refractivity contribution >= 4 is 17.0 Å². The van der Waals surface area contributed by atoms with Gasteiger partial charge in [-0.05, 0) is 42.0 Å². The molecule has 0 aliphatic rings. The molecule has 1 heterocycles. The fourth-order valence-corrected chi connectivity index (χ4v) is 3.05. The minimum absolute atomic E-state index is 0.0191. The molecular formula is C23H20FN3O4. The third kappa shape index (κ3) is 5.16. The summed E-state index contributed by atoms with van der Waals surface area (Å²) in [5.74, 6) is -0.147. The number of halogens is 1. The average molecular weight is 421 g/mol. The van der Waals surface area contributed by atoms with E-state index in [1.807, 2.05) is 24.3 Å². The summed E-state index contributed by atoms with van der Waals surface area (Å²) < 4.78 is 25.3. The first-order valence-corrected chi connectivity index (χ1v) is 9.77. The monoisotopic (exact) mass is 421 g/mol. The lowest BCUT2D eigenvalue weighted by atomic mass is 10.1. The number of carboxylic acid groups (broad SMARTS) is 1. The minimum atomic E-state index is -0.871. The van der Waals surface area contributed by atoms with Crippen LogP contribution >= 0.6 is 0 Å². The van der Waals surface area contributed by atoms with E-state index in [0.29, 0.717) is 53.4 Å². The Kier molecular flexibility index (Phi) is 6.07. The Hall–Kier alpha value is -3.94. The van der Waals surface area contributed by atoms with E-state index in [4.69, 9.17) is 14.6 Å². The summed E-state index contributed by atoms with van der Waals surface area (Å²) in [5, 5.41) is 17.6. The Morgan fingerprint density at radius 2 is 1.61 bits per heavy atom. The summed E-state index contributed by atoms with van der Waals surface area (Å²) in [6.45, 7) is 0.773. The molecule has 0 radical (unpaired) electrons. The highest BCUT2D eigenvalue weighted by Crippen LogP contribution is 2.24. The SMILES string of the molecule is O=C(O)Cc1ccc(OCCCOc2ccc(F)cc2-n2nc3ccccc3n2)cc1. The third-order valence-corrected chi connectivity index (χ3v) is 4.52. The highest BCUT2D eigenvalue weighted by Gasteiger charge is 2.12. The quantitative estimate of drug-likeness (QED) is 0.411. The number of hydrogen-bond donors (Lipinski definition) is 1. The van der Waals surface area contributed by atoms with Crippen molar-refractivity contribution in [3.05, 3.63) is 78.1 Å². The lowest BCUT2D eigenvalue weighted by molar-refractivity contribution is -0.136. The van der Waals surface area contributed by atoms with Crippen LogP contribution in [0.4, 0.5) is 4.39 Å². The van der Waals surface area contributed by atoms with Crippen LogP contribution in [-0.4, -0.2) is 39.3 Å². The van der Waals surface area contributed by atoms with Gasteiger partial charge in [-0.3, -0.25) is 4.79 Å². The number of aromatic nitrogens is 3. The smallest absolute Gasteiger partial charge is 0.307 e. The first kappa shape index (κ1) is 20.3. The summed E-state index contributed by atoms with van der Waals surface area (Å²) >= 11 is 0. The first-order valence-electron chi connectivity index (χ1n) is 9.77. The van der Waals surface area contributed by atoms with Crippen molar-refractivity contribution in [2.24, 2.45) is 0 Å². The van der Waals surface area contributed by atoms with Gasteiger partial charge in [0.2, 0.25) is 0 Å². The minimum Gasteiger partial charge on any atom is -0.493 e. The third-order valence-electron chi connectivity index (χ3n) is 4.52. The van der Waals surface area contributed by atoms with Gasteiger partial charge in [-0.2, -0.15) is 0 Å². The molecule has 0 saturated heterocycles. The molecule has 0 aliphatic carbocycles. The van der Waals surface area contributed by atoms with Crippen LogP contribution in [0.3, 0.4) is 0 Å². The second-order valence-electron chi connectivity index (χ2n) is 6.86. The Labute approximate surface area is 177 Å². The Bertz CT molecular complexity index is 1160. The van der Waals surface area contributed by atoms with Gasteiger partial charge in [-0.15, -0.1) is 15.0 Å². The predicted molar refractivity (Wildman–Crippen MR) is 112 cm³/mol.